The molecule has 2 aromatic carbocycles. The molecule has 3 rings (SSSR count). The van der Waals surface area contributed by atoms with Crippen LogP contribution in [0, 0.1) is 21.8 Å². The number of nitrogens with zero attached hydrogens (tertiary/aromatic N) is 2. The summed E-state index contributed by atoms with van der Waals surface area (Å²) < 4.78 is 13.5. The number of nitro groups is 1. The van der Waals surface area contributed by atoms with Crippen LogP contribution >= 0.6 is 0 Å². The Morgan fingerprint density at radius 3 is 2.53 bits per heavy atom. The van der Waals surface area contributed by atoms with Crippen LogP contribution in [0.3, 0.4) is 0 Å². The number of anilines is 1. The van der Waals surface area contributed by atoms with Gasteiger partial charge in [-0.25, -0.2) is 0 Å². The van der Waals surface area contributed by atoms with Gasteiger partial charge in [-0.15, -0.1) is 0 Å². The van der Waals surface area contributed by atoms with Crippen LogP contribution in [0.1, 0.15) is 16.8 Å². The van der Waals surface area contributed by atoms with E-state index in [0.29, 0.717) is 5.56 Å². The lowest BCUT2D eigenvalue weighted by Gasteiger charge is -2.16. The Labute approximate surface area is 171 Å². The molecule has 0 aromatic heterocycles. The third kappa shape index (κ3) is 4.77. The van der Waals surface area contributed by atoms with E-state index in [4.69, 9.17) is 0 Å². The summed E-state index contributed by atoms with van der Waals surface area (Å²) in [6.07, 6.45) is -0.0621. The molecule has 3 amide bonds. The number of hydrogen-bond acceptors (Lipinski definition) is 5. The van der Waals surface area contributed by atoms with Crippen molar-refractivity contribution in [3.8, 4) is 0 Å². The molecular weight excluding hydrogens is 395 g/mol. The van der Waals surface area contributed by atoms with Crippen LogP contribution in [0.15, 0.2) is 48.5 Å². The van der Waals surface area contributed by atoms with E-state index in [1.54, 1.807) is 30.3 Å². The molecule has 0 aliphatic carbocycles. The molecule has 1 atom stereocenters. The number of nitro benzene ring substituents is 1. The predicted molar refractivity (Wildman–Crippen MR) is 105 cm³/mol. The average Bonchev–Trinajstić information content (AvgIpc) is 3.13. The third-order valence-electron chi connectivity index (χ3n) is 4.68. The number of hydrogen-bond donors (Lipinski definition) is 2. The maximum Gasteiger partial charge on any atom is 0.306 e. The molecule has 2 N–H and O–H groups in total. The highest BCUT2D eigenvalue weighted by atomic mass is 19.1. The first-order chi connectivity index (χ1) is 14.4. The van der Waals surface area contributed by atoms with E-state index in [0.717, 1.165) is 12.1 Å². The van der Waals surface area contributed by atoms with Crippen LogP contribution in [-0.4, -0.2) is 42.3 Å². The van der Waals surface area contributed by atoms with Gasteiger partial charge >= 0.3 is 5.69 Å². The van der Waals surface area contributed by atoms with Gasteiger partial charge in [0, 0.05) is 37.7 Å². The molecular formula is C20H19FN4O5. The van der Waals surface area contributed by atoms with Crippen LogP contribution in [0.25, 0.3) is 0 Å². The van der Waals surface area contributed by atoms with E-state index in [1.165, 1.54) is 11.0 Å². The molecule has 9 nitrogen and oxygen atoms in total. The van der Waals surface area contributed by atoms with Gasteiger partial charge in [-0.1, -0.05) is 18.2 Å². The predicted octanol–water partition coefficient (Wildman–Crippen LogP) is 1.63. The summed E-state index contributed by atoms with van der Waals surface area (Å²) in [7, 11) is 0. The highest BCUT2D eigenvalue weighted by Gasteiger charge is 2.35. The van der Waals surface area contributed by atoms with Crippen molar-refractivity contribution in [1.82, 2.24) is 10.6 Å². The van der Waals surface area contributed by atoms with Gasteiger partial charge in [0.15, 0.2) is 0 Å². The van der Waals surface area contributed by atoms with E-state index in [9.17, 15) is 28.9 Å². The lowest BCUT2D eigenvalue weighted by molar-refractivity contribution is -0.387. The van der Waals surface area contributed by atoms with E-state index in [1.807, 2.05) is 0 Å². The largest absolute Gasteiger partial charge is 0.354 e. The standard InChI is InChI=1S/C20H19FN4O5/c21-16-7-6-15(11-17(16)25(29)30)24-12-14(10-18(24)26)20(28)23-9-8-22-19(27)13-4-2-1-3-5-13/h1-7,11,14H,8-10,12H2,(H,22,27)(H,23,28). The normalized spacial score (nSPS) is 15.7. The van der Waals surface area contributed by atoms with E-state index in [-0.39, 0.29) is 49.5 Å². The zero-order valence-corrected chi connectivity index (χ0v) is 15.8. The first kappa shape index (κ1) is 20.9. The van der Waals surface area contributed by atoms with Crippen LogP contribution < -0.4 is 15.5 Å². The molecule has 0 spiro atoms. The van der Waals surface area contributed by atoms with Crippen molar-refractivity contribution in [2.24, 2.45) is 5.92 Å². The minimum atomic E-state index is -0.998. The molecule has 156 valence electrons. The van der Waals surface area contributed by atoms with Crippen LogP contribution in [0.5, 0.6) is 0 Å². The van der Waals surface area contributed by atoms with Crippen LogP contribution in [0.4, 0.5) is 15.8 Å². The topological polar surface area (TPSA) is 122 Å². The summed E-state index contributed by atoms with van der Waals surface area (Å²) in [5.41, 5.74) is -0.0601. The maximum atomic E-state index is 13.5. The van der Waals surface area contributed by atoms with Crippen molar-refractivity contribution in [2.75, 3.05) is 24.5 Å². The van der Waals surface area contributed by atoms with Gasteiger partial charge in [-0.2, -0.15) is 4.39 Å². The Morgan fingerprint density at radius 1 is 1.13 bits per heavy atom. The molecule has 1 unspecified atom stereocenters. The van der Waals surface area contributed by atoms with Crippen molar-refractivity contribution in [3.63, 3.8) is 0 Å². The molecule has 0 saturated carbocycles. The van der Waals surface area contributed by atoms with Gasteiger partial charge in [0.1, 0.15) is 0 Å². The molecule has 1 aliphatic heterocycles. The zero-order valence-electron chi connectivity index (χ0n) is 15.8. The van der Waals surface area contributed by atoms with E-state index in [2.05, 4.69) is 10.6 Å². The number of amides is 3. The summed E-state index contributed by atoms with van der Waals surface area (Å²) in [6.45, 7) is 0.432. The molecule has 10 heteroatoms. The van der Waals surface area contributed by atoms with Crippen LogP contribution in [-0.2, 0) is 9.59 Å². The molecule has 0 bridgehead atoms. The van der Waals surface area contributed by atoms with E-state index < -0.39 is 22.3 Å². The number of halogens is 1. The minimum absolute atomic E-state index is 0.0316. The van der Waals surface area contributed by atoms with Gasteiger partial charge in [0.05, 0.1) is 16.5 Å². The van der Waals surface area contributed by atoms with Crippen molar-refractivity contribution in [2.45, 2.75) is 6.42 Å². The lowest BCUT2D eigenvalue weighted by Crippen LogP contribution is -2.38. The summed E-state index contributed by atoms with van der Waals surface area (Å²) in [4.78, 5) is 47.8. The van der Waals surface area contributed by atoms with E-state index >= 15 is 0 Å². The van der Waals surface area contributed by atoms with Gasteiger partial charge in [-0.3, -0.25) is 24.5 Å². The average molecular weight is 414 g/mol. The zero-order chi connectivity index (χ0) is 21.7. The SMILES string of the molecule is O=C(NCCNC(=O)C1CC(=O)N(c2ccc(F)c([N+](=O)[O-])c2)C1)c1ccccc1. The molecule has 0 radical (unpaired) electrons. The lowest BCUT2D eigenvalue weighted by atomic mass is 10.1. The van der Waals surface area contributed by atoms with Crippen LogP contribution in [0.2, 0.25) is 0 Å². The summed E-state index contributed by atoms with van der Waals surface area (Å²) in [5, 5.41) is 16.2. The van der Waals surface area contributed by atoms with Crippen molar-refractivity contribution in [1.29, 1.82) is 0 Å². The number of nitrogens with one attached hydrogen (secondary N) is 2. The van der Waals surface area contributed by atoms with Crippen molar-refractivity contribution >= 4 is 29.1 Å². The quantitative estimate of drug-likeness (QED) is 0.405. The molecule has 1 saturated heterocycles. The second-order valence-corrected chi connectivity index (χ2v) is 6.71. The first-order valence-electron chi connectivity index (χ1n) is 9.22. The number of rotatable bonds is 7. The third-order valence-corrected chi connectivity index (χ3v) is 4.68. The number of carbonyl (C=O) groups excluding carboxylic acids is 3. The monoisotopic (exact) mass is 414 g/mol. The molecule has 30 heavy (non-hydrogen) atoms. The van der Waals surface area contributed by atoms with Crippen molar-refractivity contribution < 1.29 is 23.7 Å². The van der Waals surface area contributed by atoms with Gasteiger partial charge in [0.2, 0.25) is 17.6 Å². The Kier molecular flexibility index (Phi) is 6.35. The second-order valence-electron chi connectivity index (χ2n) is 6.71. The number of carbonyl (C=O) groups is 3. The maximum absolute atomic E-state index is 13.5. The first-order valence-corrected chi connectivity index (χ1v) is 9.22. The van der Waals surface area contributed by atoms with Crippen molar-refractivity contribution in [3.05, 3.63) is 70.0 Å². The fraction of sp³-hybridized carbons (Fsp3) is 0.250. The number of benzene rings is 2. The molecule has 1 fully saturated rings. The Morgan fingerprint density at radius 2 is 1.83 bits per heavy atom. The summed E-state index contributed by atoms with van der Waals surface area (Å²) in [5.74, 6) is -2.65. The van der Waals surface area contributed by atoms with Gasteiger partial charge in [0.25, 0.3) is 5.91 Å². The fourth-order valence-corrected chi connectivity index (χ4v) is 3.14. The highest BCUT2D eigenvalue weighted by Crippen LogP contribution is 2.29. The summed E-state index contributed by atoms with van der Waals surface area (Å²) in [6, 6.07) is 11.8. The minimum Gasteiger partial charge on any atom is -0.354 e. The Bertz CT molecular complexity index is 982. The Balaban J connectivity index is 1.51. The second kappa shape index (κ2) is 9.12. The highest BCUT2D eigenvalue weighted by molar-refractivity contribution is 6.00. The smallest absolute Gasteiger partial charge is 0.306 e. The van der Waals surface area contributed by atoms with Gasteiger partial charge in [-0.05, 0) is 24.3 Å². The molecule has 1 aliphatic rings. The molecule has 2 aromatic rings. The Hall–Kier alpha value is -3.82. The molecule has 1 heterocycles. The fourth-order valence-electron chi connectivity index (χ4n) is 3.14. The summed E-state index contributed by atoms with van der Waals surface area (Å²) >= 11 is 0. The van der Waals surface area contributed by atoms with Gasteiger partial charge < -0.3 is 15.5 Å².